The lowest BCUT2D eigenvalue weighted by atomic mass is 10.0. The summed E-state index contributed by atoms with van der Waals surface area (Å²) in [6.45, 7) is 7.16. The number of hydrogen-bond acceptors (Lipinski definition) is 3. The monoisotopic (exact) mass is 440 g/mol. The highest BCUT2D eigenvalue weighted by Gasteiger charge is 2.26. The second kappa shape index (κ2) is 7.48. The van der Waals surface area contributed by atoms with Gasteiger partial charge < -0.3 is 0 Å². The SMILES string of the molecule is [C-]#[N+]c1ccc2c(-c3ccccc3F)c(S(=O)(=O)c3ccc(F)c(Cl)c3)cnc2c1. The molecule has 0 unspecified atom stereocenters. The first kappa shape index (κ1) is 20.0. The average Bonchev–Trinajstić information content (AvgIpc) is 2.74. The molecule has 4 aromatic rings. The van der Waals surface area contributed by atoms with Gasteiger partial charge in [-0.1, -0.05) is 41.9 Å². The highest BCUT2D eigenvalue weighted by molar-refractivity contribution is 7.91. The zero-order chi connectivity index (χ0) is 21.5. The smallest absolute Gasteiger partial charge is 0.208 e. The first-order chi connectivity index (χ1) is 14.3. The average molecular weight is 441 g/mol. The normalized spacial score (nSPS) is 11.4. The lowest BCUT2D eigenvalue weighted by Gasteiger charge is -2.15. The maximum atomic E-state index is 14.7. The maximum Gasteiger partial charge on any atom is 0.208 e. The van der Waals surface area contributed by atoms with Crippen molar-refractivity contribution in [1.82, 2.24) is 4.98 Å². The summed E-state index contributed by atoms with van der Waals surface area (Å²) in [4.78, 5) is 7.03. The van der Waals surface area contributed by atoms with Crippen LogP contribution in [0.5, 0.6) is 0 Å². The van der Waals surface area contributed by atoms with Gasteiger partial charge in [0.05, 0.1) is 26.9 Å². The van der Waals surface area contributed by atoms with Gasteiger partial charge in [0.25, 0.3) is 0 Å². The molecule has 0 saturated heterocycles. The van der Waals surface area contributed by atoms with E-state index in [1.165, 1.54) is 36.4 Å². The Morgan fingerprint density at radius 2 is 1.73 bits per heavy atom. The van der Waals surface area contributed by atoms with Gasteiger partial charge in [-0.3, -0.25) is 4.98 Å². The molecule has 4 rings (SSSR count). The van der Waals surface area contributed by atoms with Gasteiger partial charge in [0.1, 0.15) is 11.6 Å². The minimum Gasteiger partial charge on any atom is -0.256 e. The van der Waals surface area contributed by atoms with E-state index in [0.717, 1.165) is 24.4 Å². The molecule has 1 aromatic heterocycles. The lowest BCUT2D eigenvalue weighted by molar-refractivity contribution is 0.594. The highest BCUT2D eigenvalue weighted by atomic mass is 35.5. The minimum absolute atomic E-state index is 0.0623. The van der Waals surface area contributed by atoms with E-state index < -0.39 is 21.5 Å². The molecule has 0 amide bonds. The summed E-state index contributed by atoms with van der Waals surface area (Å²) in [7, 11) is -4.22. The predicted molar refractivity (Wildman–Crippen MR) is 110 cm³/mol. The first-order valence-electron chi connectivity index (χ1n) is 8.58. The van der Waals surface area contributed by atoms with Crippen molar-refractivity contribution in [2.75, 3.05) is 0 Å². The van der Waals surface area contributed by atoms with Crippen LogP contribution in [0.2, 0.25) is 5.02 Å². The number of rotatable bonds is 3. The molecule has 0 fully saturated rings. The Balaban J connectivity index is 2.10. The van der Waals surface area contributed by atoms with Crippen LogP contribution in [-0.2, 0) is 9.84 Å². The molecular weight excluding hydrogens is 430 g/mol. The molecule has 0 spiro atoms. The maximum absolute atomic E-state index is 14.7. The highest BCUT2D eigenvalue weighted by Crippen LogP contribution is 2.39. The molecule has 3 aromatic carbocycles. The first-order valence-corrected chi connectivity index (χ1v) is 10.4. The van der Waals surface area contributed by atoms with Gasteiger partial charge in [-0.05, 0) is 30.3 Å². The molecule has 0 atom stereocenters. The number of sulfone groups is 1. The molecule has 0 aliphatic heterocycles. The van der Waals surface area contributed by atoms with Gasteiger partial charge in [-0.25, -0.2) is 22.0 Å². The molecule has 0 bridgehead atoms. The third kappa shape index (κ3) is 3.30. The fourth-order valence-corrected chi connectivity index (χ4v) is 4.85. The summed E-state index contributed by atoms with van der Waals surface area (Å²) in [5.74, 6) is -1.37. The zero-order valence-corrected chi connectivity index (χ0v) is 16.7. The summed E-state index contributed by atoms with van der Waals surface area (Å²) in [6, 6.07) is 13.4. The minimum atomic E-state index is -4.22. The summed E-state index contributed by atoms with van der Waals surface area (Å²) in [5.41, 5.74) is 0.829. The number of hydrogen-bond donors (Lipinski definition) is 0. The summed E-state index contributed by atoms with van der Waals surface area (Å²) in [5, 5.41) is 0.0146. The van der Waals surface area contributed by atoms with E-state index in [1.54, 1.807) is 6.07 Å². The van der Waals surface area contributed by atoms with Crippen molar-refractivity contribution in [3.05, 3.63) is 94.9 Å². The Morgan fingerprint density at radius 1 is 0.967 bits per heavy atom. The van der Waals surface area contributed by atoms with Crippen LogP contribution in [0, 0.1) is 18.2 Å². The summed E-state index contributed by atoms with van der Waals surface area (Å²) in [6.07, 6.45) is 1.12. The quantitative estimate of drug-likeness (QED) is 0.281. The van der Waals surface area contributed by atoms with Crippen molar-refractivity contribution in [1.29, 1.82) is 0 Å². The Labute approximate surface area is 176 Å². The summed E-state index contributed by atoms with van der Waals surface area (Å²) < 4.78 is 55.0. The van der Waals surface area contributed by atoms with Crippen LogP contribution in [-0.4, -0.2) is 13.4 Å². The molecule has 0 N–H and O–H groups in total. The summed E-state index contributed by atoms with van der Waals surface area (Å²) >= 11 is 5.77. The molecule has 1 heterocycles. The van der Waals surface area contributed by atoms with Crippen LogP contribution in [0.1, 0.15) is 0 Å². The predicted octanol–water partition coefficient (Wildman–Crippen LogP) is 6.22. The van der Waals surface area contributed by atoms with Crippen LogP contribution >= 0.6 is 11.6 Å². The molecule has 0 radical (unpaired) electrons. The lowest BCUT2D eigenvalue weighted by Crippen LogP contribution is -2.06. The van der Waals surface area contributed by atoms with Crippen molar-refractivity contribution in [2.45, 2.75) is 9.79 Å². The molecule has 148 valence electrons. The number of halogens is 3. The molecule has 0 aliphatic carbocycles. The number of aromatic nitrogens is 1. The van der Waals surface area contributed by atoms with Crippen LogP contribution in [0.4, 0.5) is 14.5 Å². The number of pyridine rings is 1. The fourth-order valence-electron chi connectivity index (χ4n) is 3.15. The number of benzene rings is 3. The van der Waals surface area contributed by atoms with Crippen molar-refractivity contribution < 1.29 is 17.2 Å². The zero-order valence-electron chi connectivity index (χ0n) is 15.1. The van der Waals surface area contributed by atoms with E-state index in [-0.39, 0.29) is 25.9 Å². The van der Waals surface area contributed by atoms with Crippen molar-refractivity contribution in [3.63, 3.8) is 0 Å². The van der Waals surface area contributed by atoms with Crippen LogP contribution < -0.4 is 0 Å². The van der Waals surface area contributed by atoms with Crippen LogP contribution in [0.15, 0.2) is 76.7 Å². The number of fused-ring (bicyclic) bond motifs is 1. The second-order valence-corrected chi connectivity index (χ2v) is 8.70. The van der Waals surface area contributed by atoms with Gasteiger partial charge in [0.2, 0.25) is 9.84 Å². The van der Waals surface area contributed by atoms with Gasteiger partial charge >= 0.3 is 0 Å². The van der Waals surface area contributed by atoms with E-state index >= 15 is 0 Å². The Hall–Kier alpha value is -3.34. The molecule has 8 heteroatoms. The third-order valence-electron chi connectivity index (χ3n) is 4.58. The molecule has 0 aliphatic rings. The number of nitrogens with zero attached hydrogens (tertiary/aromatic N) is 2. The molecule has 4 nitrogen and oxygen atoms in total. The van der Waals surface area contributed by atoms with Crippen molar-refractivity contribution >= 4 is 38.0 Å². The van der Waals surface area contributed by atoms with Crippen molar-refractivity contribution in [3.8, 4) is 11.1 Å². The largest absolute Gasteiger partial charge is 0.256 e. The van der Waals surface area contributed by atoms with E-state index in [4.69, 9.17) is 18.2 Å². The molecule has 30 heavy (non-hydrogen) atoms. The Morgan fingerprint density at radius 3 is 2.43 bits per heavy atom. The van der Waals surface area contributed by atoms with Gasteiger partial charge in [0, 0.05) is 22.7 Å². The fraction of sp³-hybridized carbons (Fsp3) is 0. The van der Waals surface area contributed by atoms with E-state index in [0.29, 0.717) is 16.6 Å². The molecular formula is C22H11ClF2N2O2S. The Kier molecular flexibility index (Phi) is 4.98. The van der Waals surface area contributed by atoms with Crippen molar-refractivity contribution in [2.24, 2.45) is 0 Å². The van der Waals surface area contributed by atoms with E-state index in [9.17, 15) is 17.2 Å². The molecule has 0 saturated carbocycles. The van der Waals surface area contributed by atoms with Gasteiger partial charge in [-0.2, -0.15) is 0 Å². The Bertz CT molecular complexity index is 1460. The van der Waals surface area contributed by atoms with Gasteiger partial charge in [-0.15, -0.1) is 0 Å². The third-order valence-corrected chi connectivity index (χ3v) is 6.63. The second-order valence-electron chi connectivity index (χ2n) is 6.37. The van der Waals surface area contributed by atoms with Crippen LogP contribution in [0.25, 0.3) is 26.9 Å². The van der Waals surface area contributed by atoms with Gasteiger partial charge in [0.15, 0.2) is 5.69 Å². The van der Waals surface area contributed by atoms with E-state index in [1.807, 2.05) is 0 Å². The standard InChI is InChI=1S/C22H11ClF2N2O2S/c1-26-13-6-8-16-20(10-13)27-12-21(22(16)15-4-2-3-5-18(15)24)30(28,29)14-7-9-19(25)17(23)11-14/h2-12H. The topological polar surface area (TPSA) is 51.4 Å². The van der Waals surface area contributed by atoms with Crippen LogP contribution in [0.3, 0.4) is 0 Å². The van der Waals surface area contributed by atoms with E-state index in [2.05, 4.69) is 9.83 Å².